The maximum atomic E-state index is 5.06. The van der Waals surface area contributed by atoms with Crippen molar-refractivity contribution in [1.29, 1.82) is 0 Å². The van der Waals surface area contributed by atoms with Gasteiger partial charge in [0, 0.05) is 46.1 Å². The molecule has 22 heavy (non-hydrogen) atoms. The van der Waals surface area contributed by atoms with Crippen LogP contribution in [0.1, 0.15) is 37.9 Å². The van der Waals surface area contributed by atoms with E-state index in [-0.39, 0.29) is 24.0 Å². The minimum atomic E-state index is 0. The first-order valence-electron chi connectivity index (χ1n) is 7.50. The number of ether oxygens (including phenoxy) is 1. The SMILES string of the molecule is CCNC(=NCCOC)N(C)Cc1cn(C)nc1C(C)C.I. The van der Waals surface area contributed by atoms with E-state index in [2.05, 4.69) is 47.3 Å². The number of halogens is 1. The van der Waals surface area contributed by atoms with Crippen LogP contribution in [0.25, 0.3) is 0 Å². The van der Waals surface area contributed by atoms with Crippen LogP contribution in [0.3, 0.4) is 0 Å². The molecular formula is C15H30IN5O. The Kier molecular flexibility index (Phi) is 10.4. The van der Waals surface area contributed by atoms with Crippen molar-refractivity contribution in [2.45, 2.75) is 33.2 Å². The van der Waals surface area contributed by atoms with Crippen LogP contribution < -0.4 is 5.32 Å². The number of hydrogen-bond acceptors (Lipinski definition) is 3. The highest BCUT2D eigenvalue weighted by molar-refractivity contribution is 14.0. The molecule has 0 fully saturated rings. The summed E-state index contributed by atoms with van der Waals surface area (Å²) in [7, 11) is 5.70. The molecule has 1 N–H and O–H groups in total. The summed E-state index contributed by atoms with van der Waals surface area (Å²) in [6.07, 6.45) is 2.09. The monoisotopic (exact) mass is 423 g/mol. The van der Waals surface area contributed by atoms with Gasteiger partial charge in [0.05, 0.1) is 18.8 Å². The molecule has 1 aromatic heterocycles. The highest BCUT2D eigenvalue weighted by Crippen LogP contribution is 2.18. The third kappa shape index (κ3) is 6.51. The molecule has 0 unspecified atom stereocenters. The van der Waals surface area contributed by atoms with Gasteiger partial charge in [-0.1, -0.05) is 13.8 Å². The summed E-state index contributed by atoms with van der Waals surface area (Å²) in [5, 5.41) is 7.86. The average molecular weight is 423 g/mol. The summed E-state index contributed by atoms with van der Waals surface area (Å²) in [5.74, 6) is 1.32. The number of rotatable bonds is 7. The first-order valence-corrected chi connectivity index (χ1v) is 7.50. The molecule has 6 nitrogen and oxygen atoms in total. The second-order valence-electron chi connectivity index (χ2n) is 5.45. The summed E-state index contributed by atoms with van der Waals surface area (Å²) >= 11 is 0. The average Bonchev–Trinajstić information content (AvgIpc) is 2.79. The zero-order valence-corrected chi connectivity index (χ0v) is 16.9. The van der Waals surface area contributed by atoms with Crippen molar-refractivity contribution in [2.24, 2.45) is 12.0 Å². The van der Waals surface area contributed by atoms with Crippen LogP contribution >= 0.6 is 24.0 Å². The van der Waals surface area contributed by atoms with Gasteiger partial charge in [-0.3, -0.25) is 9.67 Å². The van der Waals surface area contributed by atoms with Gasteiger partial charge in [-0.25, -0.2) is 0 Å². The van der Waals surface area contributed by atoms with Crippen LogP contribution in [0.2, 0.25) is 0 Å². The lowest BCUT2D eigenvalue weighted by atomic mass is 10.1. The molecule has 0 bridgehead atoms. The molecule has 0 aliphatic carbocycles. The lowest BCUT2D eigenvalue weighted by Gasteiger charge is -2.22. The number of nitrogens with zero attached hydrogens (tertiary/aromatic N) is 4. The van der Waals surface area contributed by atoms with E-state index in [9.17, 15) is 0 Å². The molecule has 0 aromatic carbocycles. The largest absolute Gasteiger partial charge is 0.383 e. The summed E-state index contributed by atoms with van der Waals surface area (Å²) in [6.45, 7) is 9.34. The summed E-state index contributed by atoms with van der Waals surface area (Å²) < 4.78 is 6.94. The molecular weight excluding hydrogens is 393 g/mol. The molecule has 0 saturated carbocycles. The van der Waals surface area contributed by atoms with Gasteiger partial charge < -0.3 is 15.0 Å². The van der Waals surface area contributed by atoms with E-state index in [0.717, 1.165) is 24.7 Å². The predicted molar refractivity (Wildman–Crippen MR) is 102 cm³/mol. The maximum absolute atomic E-state index is 5.06. The minimum absolute atomic E-state index is 0. The van der Waals surface area contributed by atoms with E-state index in [4.69, 9.17) is 4.74 Å². The van der Waals surface area contributed by atoms with E-state index >= 15 is 0 Å². The second-order valence-corrected chi connectivity index (χ2v) is 5.45. The third-order valence-electron chi connectivity index (χ3n) is 3.14. The van der Waals surface area contributed by atoms with Crippen LogP contribution in [0.4, 0.5) is 0 Å². The fourth-order valence-corrected chi connectivity index (χ4v) is 2.21. The van der Waals surface area contributed by atoms with Crippen LogP contribution in [0.5, 0.6) is 0 Å². The van der Waals surface area contributed by atoms with Crippen molar-refractivity contribution in [3.05, 3.63) is 17.5 Å². The van der Waals surface area contributed by atoms with Crippen molar-refractivity contribution in [3.8, 4) is 0 Å². The summed E-state index contributed by atoms with van der Waals surface area (Å²) in [6, 6.07) is 0. The van der Waals surface area contributed by atoms with E-state index in [1.807, 2.05) is 18.8 Å². The molecule has 0 amide bonds. The van der Waals surface area contributed by atoms with Crippen LogP contribution in [-0.2, 0) is 18.3 Å². The molecule has 1 aromatic rings. The predicted octanol–water partition coefficient (Wildman–Crippen LogP) is 2.21. The zero-order valence-electron chi connectivity index (χ0n) is 14.6. The lowest BCUT2D eigenvalue weighted by molar-refractivity contribution is 0.207. The van der Waals surface area contributed by atoms with E-state index < -0.39 is 0 Å². The molecule has 1 rings (SSSR count). The van der Waals surface area contributed by atoms with Gasteiger partial charge in [0.2, 0.25) is 0 Å². The third-order valence-corrected chi connectivity index (χ3v) is 3.14. The Morgan fingerprint density at radius 3 is 2.73 bits per heavy atom. The molecule has 0 aliphatic heterocycles. The van der Waals surface area contributed by atoms with Gasteiger partial charge >= 0.3 is 0 Å². The van der Waals surface area contributed by atoms with Gasteiger partial charge in [0.15, 0.2) is 5.96 Å². The van der Waals surface area contributed by atoms with Crippen LogP contribution in [0, 0.1) is 0 Å². The van der Waals surface area contributed by atoms with E-state index in [1.54, 1.807) is 7.11 Å². The molecule has 128 valence electrons. The van der Waals surface area contributed by atoms with Crippen LogP contribution in [-0.4, -0.2) is 54.5 Å². The molecule has 1 heterocycles. The van der Waals surface area contributed by atoms with Gasteiger partial charge in [-0.2, -0.15) is 5.10 Å². The van der Waals surface area contributed by atoms with Crippen molar-refractivity contribution >= 4 is 29.9 Å². The highest BCUT2D eigenvalue weighted by atomic mass is 127. The Morgan fingerprint density at radius 2 is 2.18 bits per heavy atom. The molecule has 0 atom stereocenters. The van der Waals surface area contributed by atoms with E-state index in [0.29, 0.717) is 19.1 Å². The first-order chi connectivity index (χ1) is 9.99. The molecule has 0 radical (unpaired) electrons. The highest BCUT2D eigenvalue weighted by Gasteiger charge is 2.14. The fraction of sp³-hybridized carbons (Fsp3) is 0.733. The quantitative estimate of drug-likeness (QED) is 0.316. The Labute approximate surface area is 151 Å². The van der Waals surface area contributed by atoms with Crippen molar-refractivity contribution in [3.63, 3.8) is 0 Å². The number of hydrogen-bond donors (Lipinski definition) is 1. The second kappa shape index (κ2) is 10.8. The summed E-state index contributed by atoms with van der Waals surface area (Å²) in [4.78, 5) is 6.69. The van der Waals surface area contributed by atoms with Gasteiger partial charge in [-0.15, -0.1) is 24.0 Å². The minimum Gasteiger partial charge on any atom is -0.383 e. The fourth-order valence-electron chi connectivity index (χ4n) is 2.21. The molecule has 7 heteroatoms. The van der Waals surface area contributed by atoms with Crippen molar-refractivity contribution in [1.82, 2.24) is 20.0 Å². The van der Waals surface area contributed by atoms with E-state index in [1.165, 1.54) is 5.56 Å². The Hall–Kier alpha value is -0.830. The van der Waals surface area contributed by atoms with Crippen molar-refractivity contribution < 1.29 is 4.74 Å². The molecule has 0 spiro atoms. The van der Waals surface area contributed by atoms with Crippen LogP contribution in [0.15, 0.2) is 11.2 Å². The number of aromatic nitrogens is 2. The van der Waals surface area contributed by atoms with Crippen molar-refractivity contribution in [2.75, 3.05) is 33.9 Å². The summed E-state index contributed by atoms with van der Waals surface area (Å²) in [5.41, 5.74) is 2.39. The number of aryl methyl sites for hydroxylation is 1. The Bertz CT molecular complexity index is 459. The normalized spacial score (nSPS) is 11.5. The number of nitrogens with one attached hydrogen (secondary N) is 1. The van der Waals surface area contributed by atoms with Gasteiger partial charge in [0.25, 0.3) is 0 Å². The lowest BCUT2D eigenvalue weighted by Crippen LogP contribution is -2.38. The number of methoxy groups -OCH3 is 1. The Morgan fingerprint density at radius 1 is 1.50 bits per heavy atom. The molecule has 0 aliphatic rings. The van der Waals surface area contributed by atoms with Gasteiger partial charge in [-0.05, 0) is 12.8 Å². The topological polar surface area (TPSA) is 54.7 Å². The molecule has 0 saturated heterocycles. The smallest absolute Gasteiger partial charge is 0.194 e. The zero-order chi connectivity index (χ0) is 15.8. The first kappa shape index (κ1) is 21.2. The maximum Gasteiger partial charge on any atom is 0.194 e. The standard InChI is InChI=1S/C15H29N5O.HI/c1-7-16-15(17-8-9-21-6)19(4)10-13-11-20(5)18-14(13)12(2)3;/h11-12H,7-10H2,1-6H3,(H,16,17);1H. The van der Waals surface area contributed by atoms with Gasteiger partial charge in [0.1, 0.15) is 0 Å². The Balaban J connectivity index is 0.00000441. The number of guanidine groups is 1. The number of aliphatic imine (C=N–C) groups is 1.